The molecule has 0 saturated carbocycles. The van der Waals surface area contributed by atoms with Crippen LogP contribution < -0.4 is 5.32 Å². The van der Waals surface area contributed by atoms with E-state index in [9.17, 15) is 9.50 Å². The zero-order chi connectivity index (χ0) is 16.9. The summed E-state index contributed by atoms with van der Waals surface area (Å²) in [5, 5.41) is 13.3. The smallest absolute Gasteiger partial charge is 0.211 e. The fourth-order valence-corrected chi connectivity index (χ4v) is 2.40. The molecule has 0 radical (unpaired) electrons. The van der Waals surface area contributed by atoms with Gasteiger partial charge in [0, 0.05) is 12.1 Å². The molecule has 0 unspecified atom stereocenters. The topological polar surface area (TPSA) is 58.3 Å². The van der Waals surface area contributed by atoms with Gasteiger partial charge in [0.2, 0.25) is 5.89 Å². The number of oxazole rings is 1. The molecule has 24 heavy (non-hydrogen) atoms. The van der Waals surface area contributed by atoms with Gasteiger partial charge in [-0.15, -0.1) is 0 Å². The van der Waals surface area contributed by atoms with E-state index in [-0.39, 0.29) is 11.9 Å². The number of halogens is 1. The molecule has 1 heterocycles. The van der Waals surface area contributed by atoms with Crippen LogP contribution in [0.1, 0.15) is 30.5 Å². The van der Waals surface area contributed by atoms with Crippen LogP contribution in [-0.2, 0) is 0 Å². The minimum Gasteiger partial charge on any atom is -0.439 e. The van der Waals surface area contributed by atoms with Gasteiger partial charge in [0.05, 0.1) is 18.3 Å². The Labute approximate surface area is 140 Å². The molecule has 124 valence electrons. The van der Waals surface area contributed by atoms with E-state index in [1.807, 2.05) is 37.3 Å². The van der Waals surface area contributed by atoms with E-state index in [0.717, 1.165) is 5.56 Å². The third-order valence-electron chi connectivity index (χ3n) is 3.82. The maximum Gasteiger partial charge on any atom is 0.211 e. The highest BCUT2D eigenvalue weighted by molar-refractivity contribution is 5.55. The summed E-state index contributed by atoms with van der Waals surface area (Å²) in [6, 6.07) is 15.4. The summed E-state index contributed by atoms with van der Waals surface area (Å²) in [5.41, 5.74) is 1.63. The van der Waals surface area contributed by atoms with Crippen molar-refractivity contribution in [2.24, 2.45) is 0 Å². The first-order chi connectivity index (χ1) is 11.6. The van der Waals surface area contributed by atoms with Crippen LogP contribution in [0, 0.1) is 5.82 Å². The van der Waals surface area contributed by atoms with Crippen LogP contribution in [0.3, 0.4) is 0 Å². The van der Waals surface area contributed by atoms with Crippen molar-refractivity contribution in [2.45, 2.75) is 19.1 Å². The zero-order valence-electron chi connectivity index (χ0n) is 13.3. The Morgan fingerprint density at radius 3 is 2.54 bits per heavy atom. The van der Waals surface area contributed by atoms with Gasteiger partial charge in [-0.2, -0.15) is 0 Å². The van der Waals surface area contributed by atoms with Crippen LogP contribution in [0.5, 0.6) is 0 Å². The first-order valence-corrected chi connectivity index (χ1v) is 7.81. The number of rotatable bonds is 6. The zero-order valence-corrected chi connectivity index (χ0v) is 13.3. The van der Waals surface area contributed by atoms with Gasteiger partial charge in [-0.3, -0.25) is 0 Å². The first kappa shape index (κ1) is 16.4. The summed E-state index contributed by atoms with van der Waals surface area (Å²) >= 11 is 0. The van der Waals surface area contributed by atoms with Crippen LogP contribution >= 0.6 is 0 Å². The lowest BCUT2D eigenvalue weighted by atomic mass is 10.1. The summed E-state index contributed by atoms with van der Waals surface area (Å²) in [5.74, 6) is 0.944. The average molecular weight is 326 g/mol. The van der Waals surface area contributed by atoms with Gasteiger partial charge in [0.1, 0.15) is 5.82 Å². The number of nitrogens with one attached hydrogen (secondary N) is 1. The largest absolute Gasteiger partial charge is 0.439 e. The standard InChI is InChI=1S/C19H19FN2O2/c1-13(21-11-17(23)14-7-9-16(20)10-8-14)19-22-12-18(24-19)15-5-3-2-4-6-15/h2-10,12-13,17,21,23H,11H2,1H3/t13-,17-/m0/s1. The number of benzene rings is 2. The van der Waals surface area contributed by atoms with E-state index in [4.69, 9.17) is 4.42 Å². The molecule has 0 spiro atoms. The summed E-state index contributed by atoms with van der Waals surface area (Å²) in [7, 11) is 0. The molecule has 1 aromatic heterocycles. The second-order valence-electron chi connectivity index (χ2n) is 5.63. The van der Waals surface area contributed by atoms with Gasteiger partial charge in [-0.1, -0.05) is 42.5 Å². The Bertz CT molecular complexity index is 772. The molecule has 0 aliphatic heterocycles. The average Bonchev–Trinajstić information content (AvgIpc) is 3.11. The normalized spacial score (nSPS) is 13.6. The lowest BCUT2D eigenvalue weighted by molar-refractivity contribution is 0.168. The third-order valence-corrected chi connectivity index (χ3v) is 3.82. The molecule has 5 heteroatoms. The van der Waals surface area contributed by atoms with Crippen molar-refractivity contribution in [3.63, 3.8) is 0 Å². The molecule has 0 aliphatic carbocycles. The number of aliphatic hydroxyl groups is 1. The number of nitrogens with zero attached hydrogens (tertiary/aromatic N) is 1. The molecule has 0 fully saturated rings. The highest BCUT2D eigenvalue weighted by atomic mass is 19.1. The Morgan fingerprint density at radius 2 is 1.83 bits per heavy atom. The van der Waals surface area contributed by atoms with E-state index >= 15 is 0 Å². The first-order valence-electron chi connectivity index (χ1n) is 7.81. The van der Waals surface area contributed by atoms with E-state index < -0.39 is 6.10 Å². The minimum atomic E-state index is -0.725. The SMILES string of the molecule is C[C@H](NC[C@H](O)c1ccc(F)cc1)c1ncc(-c2ccccc2)o1. The third kappa shape index (κ3) is 3.88. The molecule has 2 atom stereocenters. The second-order valence-corrected chi connectivity index (χ2v) is 5.63. The quantitative estimate of drug-likeness (QED) is 0.722. The predicted molar refractivity (Wildman–Crippen MR) is 89.7 cm³/mol. The van der Waals surface area contributed by atoms with Crippen molar-refractivity contribution in [3.8, 4) is 11.3 Å². The Morgan fingerprint density at radius 1 is 1.12 bits per heavy atom. The van der Waals surface area contributed by atoms with Crippen molar-refractivity contribution < 1.29 is 13.9 Å². The molecule has 3 aromatic rings. The molecule has 3 rings (SSSR count). The predicted octanol–water partition coefficient (Wildman–Crippen LogP) is 3.86. The fourth-order valence-electron chi connectivity index (χ4n) is 2.40. The molecule has 4 nitrogen and oxygen atoms in total. The van der Waals surface area contributed by atoms with Crippen LogP contribution in [0.25, 0.3) is 11.3 Å². The summed E-state index contributed by atoms with van der Waals surface area (Å²) < 4.78 is 18.7. The molecule has 0 saturated heterocycles. The molecule has 0 amide bonds. The number of aromatic nitrogens is 1. The van der Waals surface area contributed by atoms with E-state index in [2.05, 4.69) is 10.3 Å². The van der Waals surface area contributed by atoms with Crippen molar-refractivity contribution in [1.29, 1.82) is 0 Å². The van der Waals surface area contributed by atoms with Gasteiger partial charge in [0.15, 0.2) is 5.76 Å². The Kier molecular flexibility index (Phi) is 5.03. The Balaban J connectivity index is 1.60. The molecule has 0 bridgehead atoms. The maximum absolute atomic E-state index is 12.9. The van der Waals surface area contributed by atoms with Crippen molar-refractivity contribution >= 4 is 0 Å². The summed E-state index contributed by atoms with van der Waals surface area (Å²) in [6.07, 6.45) is 0.968. The maximum atomic E-state index is 12.9. The van der Waals surface area contributed by atoms with Gasteiger partial charge in [-0.25, -0.2) is 9.37 Å². The number of hydrogen-bond acceptors (Lipinski definition) is 4. The van der Waals surface area contributed by atoms with E-state index in [1.165, 1.54) is 12.1 Å². The highest BCUT2D eigenvalue weighted by Crippen LogP contribution is 2.23. The Hall–Kier alpha value is -2.50. The summed E-state index contributed by atoms with van der Waals surface area (Å²) in [6.45, 7) is 2.23. The number of aliphatic hydroxyl groups excluding tert-OH is 1. The molecule has 2 N–H and O–H groups in total. The molecular formula is C19H19FN2O2. The van der Waals surface area contributed by atoms with Gasteiger partial charge < -0.3 is 14.8 Å². The van der Waals surface area contributed by atoms with Gasteiger partial charge >= 0.3 is 0 Å². The highest BCUT2D eigenvalue weighted by Gasteiger charge is 2.15. The van der Waals surface area contributed by atoms with Crippen LogP contribution in [0.15, 0.2) is 65.2 Å². The fraction of sp³-hybridized carbons (Fsp3) is 0.211. The second kappa shape index (κ2) is 7.38. The van der Waals surface area contributed by atoms with Crippen molar-refractivity contribution in [1.82, 2.24) is 10.3 Å². The lowest BCUT2D eigenvalue weighted by Crippen LogP contribution is -2.24. The van der Waals surface area contributed by atoms with Crippen molar-refractivity contribution in [3.05, 3.63) is 78.1 Å². The number of hydrogen-bond donors (Lipinski definition) is 2. The molecule has 0 aliphatic rings. The molecule has 2 aromatic carbocycles. The van der Waals surface area contributed by atoms with Crippen LogP contribution in [0.4, 0.5) is 4.39 Å². The van der Waals surface area contributed by atoms with Gasteiger partial charge in [0.25, 0.3) is 0 Å². The molecular weight excluding hydrogens is 307 g/mol. The monoisotopic (exact) mass is 326 g/mol. The van der Waals surface area contributed by atoms with Crippen LogP contribution in [-0.4, -0.2) is 16.6 Å². The van der Waals surface area contributed by atoms with Gasteiger partial charge in [-0.05, 0) is 24.6 Å². The van der Waals surface area contributed by atoms with Crippen molar-refractivity contribution in [2.75, 3.05) is 6.54 Å². The summed E-state index contributed by atoms with van der Waals surface area (Å²) in [4.78, 5) is 4.29. The lowest BCUT2D eigenvalue weighted by Gasteiger charge is -2.15. The van der Waals surface area contributed by atoms with Crippen LogP contribution in [0.2, 0.25) is 0 Å². The van der Waals surface area contributed by atoms with E-state index in [1.54, 1.807) is 18.3 Å². The minimum absolute atomic E-state index is 0.155. The van der Waals surface area contributed by atoms with E-state index in [0.29, 0.717) is 23.8 Å².